The van der Waals surface area contributed by atoms with Crippen molar-refractivity contribution < 1.29 is 31.9 Å². The Hall–Kier alpha value is -3.13. The third-order valence-corrected chi connectivity index (χ3v) is 8.97. The molecule has 4 rings (SSSR count). The number of piperazine rings is 1. The molecule has 2 heterocycles. The zero-order valence-corrected chi connectivity index (χ0v) is 22.8. The summed E-state index contributed by atoms with van der Waals surface area (Å²) >= 11 is 1.19. The number of aromatic nitrogens is 1. The van der Waals surface area contributed by atoms with Crippen molar-refractivity contribution in [3.8, 4) is 0 Å². The lowest BCUT2D eigenvalue weighted by molar-refractivity contribution is 0.0933. The van der Waals surface area contributed by atoms with Gasteiger partial charge in [0.1, 0.15) is 5.82 Å². The average molecular weight is 565 g/mol. The molecule has 10 nitrogen and oxygen atoms in total. The van der Waals surface area contributed by atoms with Crippen LogP contribution < -0.4 is 4.80 Å². The second-order valence-corrected chi connectivity index (χ2v) is 11.3. The predicted molar refractivity (Wildman–Crippen MR) is 140 cm³/mol. The van der Waals surface area contributed by atoms with Crippen LogP contribution in [0.15, 0.2) is 52.4 Å². The maximum Gasteiger partial charge on any atom is 0.409 e. The van der Waals surface area contributed by atoms with Crippen LogP contribution in [0.25, 0.3) is 10.2 Å². The lowest BCUT2D eigenvalue weighted by atomic mass is 10.2. The Morgan fingerprint density at radius 3 is 2.39 bits per heavy atom. The number of halogens is 1. The van der Waals surface area contributed by atoms with Gasteiger partial charge in [0.15, 0.2) is 4.80 Å². The molecule has 2 amide bonds. The van der Waals surface area contributed by atoms with Gasteiger partial charge in [0.25, 0.3) is 5.91 Å². The minimum atomic E-state index is -3.81. The summed E-state index contributed by atoms with van der Waals surface area (Å²) in [6, 6.07) is 10.3. The number of rotatable bonds is 8. The van der Waals surface area contributed by atoms with Crippen molar-refractivity contribution in [2.45, 2.75) is 25.3 Å². The number of para-hydroxylation sites is 1. The fourth-order valence-corrected chi connectivity index (χ4v) is 6.57. The quantitative estimate of drug-likeness (QED) is 0.389. The molecule has 3 aromatic rings. The first-order valence-corrected chi connectivity index (χ1v) is 14.5. The van der Waals surface area contributed by atoms with E-state index in [9.17, 15) is 22.4 Å². The number of carbonyl (C=O) groups excluding carboxylic acids is 2. The Morgan fingerprint density at radius 1 is 1.03 bits per heavy atom. The number of benzene rings is 2. The molecule has 0 spiro atoms. The molecule has 0 bridgehead atoms. The average Bonchev–Trinajstić information content (AvgIpc) is 3.27. The molecule has 1 fully saturated rings. The van der Waals surface area contributed by atoms with E-state index in [0.717, 1.165) is 0 Å². The van der Waals surface area contributed by atoms with Crippen LogP contribution in [0.5, 0.6) is 0 Å². The number of hydrogen-bond acceptors (Lipinski definition) is 7. The van der Waals surface area contributed by atoms with Crippen molar-refractivity contribution in [2.24, 2.45) is 4.99 Å². The second kappa shape index (κ2) is 12.2. The summed E-state index contributed by atoms with van der Waals surface area (Å²) < 4.78 is 54.7. The molecule has 1 saturated heterocycles. The Balaban J connectivity index is 1.53. The van der Waals surface area contributed by atoms with Gasteiger partial charge in [0, 0.05) is 44.9 Å². The fraction of sp³-hybridized carbons (Fsp3) is 0.400. The predicted octanol–water partition coefficient (Wildman–Crippen LogP) is 3.08. The van der Waals surface area contributed by atoms with E-state index in [1.165, 1.54) is 50.9 Å². The van der Waals surface area contributed by atoms with Crippen LogP contribution in [0.4, 0.5) is 9.18 Å². The molecular formula is C25H29FN4O6S2. The first-order chi connectivity index (χ1) is 18.3. The van der Waals surface area contributed by atoms with Crippen molar-refractivity contribution in [3.05, 3.63) is 58.6 Å². The summed E-state index contributed by atoms with van der Waals surface area (Å²) in [7, 11) is -3.81. The van der Waals surface area contributed by atoms with E-state index in [1.54, 1.807) is 23.6 Å². The van der Waals surface area contributed by atoms with Gasteiger partial charge in [-0.25, -0.2) is 17.6 Å². The van der Waals surface area contributed by atoms with Crippen LogP contribution in [0.3, 0.4) is 0 Å². The Labute approximate surface area is 224 Å². The van der Waals surface area contributed by atoms with E-state index in [0.29, 0.717) is 34.8 Å². The maximum absolute atomic E-state index is 14.6. The smallest absolute Gasteiger partial charge is 0.409 e. The van der Waals surface area contributed by atoms with Gasteiger partial charge in [-0.2, -0.15) is 9.30 Å². The highest BCUT2D eigenvalue weighted by atomic mass is 32.2. The minimum absolute atomic E-state index is 0.0364. The van der Waals surface area contributed by atoms with Crippen molar-refractivity contribution in [2.75, 3.05) is 46.0 Å². The molecule has 1 aromatic heterocycles. The van der Waals surface area contributed by atoms with Crippen LogP contribution in [0.2, 0.25) is 0 Å². The summed E-state index contributed by atoms with van der Waals surface area (Å²) in [6.45, 7) is 5.72. The standard InChI is InChI=1S/C25H29FN4O6S2/c1-3-35-17-16-30-22-20(26)6-5-7-21(22)37-24(30)27-23(31)18-8-10-19(11-9-18)38(33,34)29-14-12-28(13-15-29)25(32)36-4-2/h5-11H,3-4,12-17H2,1-2H3. The zero-order valence-electron chi connectivity index (χ0n) is 21.1. The second-order valence-electron chi connectivity index (χ2n) is 8.35. The molecule has 0 atom stereocenters. The van der Waals surface area contributed by atoms with Gasteiger partial charge in [0.2, 0.25) is 10.0 Å². The third-order valence-electron chi connectivity index (χ3n) is 6.02. The van der Waals surface area contributed by atoms with Gasteiger partial charge in [-0.05, 0) is 50.2 Å². The van der Waals surface area contributed by atoms with Crippen molar-refractivity contribution in [1.29, 1.82) is 0 Å². The van der Waals surface area contributed by atoms with E-state index < -0.39 is 27.8 Å². The summed E-state index contributed by atoms with van der Waals surface area (Å²) in [6.07, 6.45) is -0.461. The van der Waals surface area contributed by atoms with Crippen LogP contribution in [0.1, 0.15) is 24.2 Å². The van der Waals surface area contributed by atoms with Gasteiger partial charge in [-0.3, -0.25) is 4.79 Å². The molecule has 0 N–H and O–H groups in total. The Kier molecular flexibility index (Phi) is 8.92. The molecule has 38 heavy (non-hydrogen) atoms. The van der Waals surface area contributed by atoms with Crippen molar-refractivity contribution in [3.63, 3.8) is 0 Å². The van der Waals surface area contributed by atoms with E-state index in [1.807, 2.05) is 6.92 Å². The zero-order chi connectivity index (χ0) is 27.3. The number of thiazole rings is 1. The first kappa shape index (κ1) is 27.9. The monoisotopic (exact) mass is 564 g/mol. The molecular weight excluding hydrogens is 535 g/mol. The van der Waals surface area contributed by atoms with Crippen LogP contribution >= 0.6 is 11.3 Å². The normalized spacial score (nSPS) is 15.2. The number of hydrogen-bond donors (Lipinski definition) is 0. The minimum Gasteiger partial charge on any atom is -0.450 e. The SMILES string of the molecule is CCOCCn1c(=NC(=O)c2ccc(S(=O)(=O)N3CCN(C(=O)OCC)CC3)cc2)sc2cccc(F)c21. The van der Waals surface area contributed by atoms with Gasteiger partial charge in [-0.1, -0.05) is 17.4 Å². The third kappa shape index (κ3) is 5.96. The molecule has 0 radical (unpaired) electrons. The molecule has 1 aliphatic rings. The highest BCUT2D eigenvalue weighted by molar-refractivity contribution is 7.89. The maximum atomic E-state index is 14.6. The number of sulfonamides is 1. The summed E-state index contributed by atoms with van der Waals surface area (Å²) in [4.78, 5) is 30.9. The molecule has 204 valence electrons. The van der Waals surface area contributed by atoms with E-state index in [-0.39, 0.29) is 43.2 Å². The molecule has 1 aliphatic heterocycles. The van der Waals surface area contributed by atoms with Crippen molar-refractivity contribution in [1.82, 2.24) is 13.8 Å². The van der Waals surface area contributed by atoms with Gasteiger partial charge >= 0.3 is 6.09 Å². The summed E-state index contributed by atoms with van der Waals surface area (Å²) in [5.41, 5.74) is 0.554. The molecule has 0 unspecified atom stereocenters. The Morgan fingerprint density at radius 2 is 1.74 bits per heavy atom. The number of fused-ring (bicyclic) bond motifs is 1. The number of amides is 2. The van der Waals surface area contributed by atoms with Crippen LogP contribution in [0, 0.1) is 5.82 Å². The van der Waals surface area contributed by atoms with Gasteiger partial charge < -0.3 is 18.9 Å². The van der Waals surface area contributed by atoms with E-state index >= 15 is 0 Å². The highest BCUT2D eigenvalue weighted by Gasteiger charge is 2.30. The van der Waals surface area contributed by atoms with Crippen LogP contribution in [-0.2, 0) is 26.0 Å². The van der Waals surface area contributed by atoms with E-state index in [2.05, 4.69) is 4.99 Å². The van der Waals surface area contributed by atoms with Crippen molar-refractivity contribution >= 4 is 43.6 Å². The van der Waals surface area contributed by atoms with Gasteiger partial charge in [0.05, 0.1) is 28.3 Å². The first-order valence-electron chi connectivity index (χ1n) is 12.2. The highest BCUT2D eigenvalue weighted by Crippen LogP contribution is 2.21. The van der Waals surface area contributed by atoms with E-state index in [4.69, 9.17) is 9.47 Å². The topological polar surface area (TPSA) is 111 Å². The molecule has 13 heteroatoms. The van der Waals surface area contributed by atoms with Crippen LogP contribution in [-0.4, -0.2) is 80.2 Å². The molecule has 0 saturated carbocycles. The lowest BCUT2D eigenvalue weighted by Crippen LogP contribution is -2.50. The number of carbonyl (C=O) groups is 2. The molecule has 0 aliphatic carbocycles. The Bertz CT molecular complexity index is 1480. The molecule has 2 aromatic carbocycles. The summed E-state index contributed by atoms with van der Waals surface area (Å²) in [5, 5.41) is 0. The lowest BCUT2D eigenvalue weighted by Gasteiger charge is -2.33. The number of nitrogens with zero attached hydrogens (tertiary/aromatic N) is 4. The summed E-state index contributed by atoms with van der Waals surface area (Å²) in [5.74, 6) is -0.990. The fourth-order valence-electron chi connectivity index (χ4n) is 4.08. The largest absolute Gasteiger partial charge is 0.450 e. The number of ether oxygens (including phenoxy) is 2. The van der Waals surface area contributed by atoms with Gasteiger partial charge in [-0.15, -0.1) is 0 Å².